The molecule has 0 aliphatic carbocycles. The van der Waals surface area contributed by atoms with Crippen molar-refractivity contribution in [3.63, 3.8) is 0 Å². The zero-order valence-electron chi connectivity index (χ0n) is 17.5. The molecular weight excluding hydrogens is 436 g/mol. The molecule has 0 saturated carbocycles. The molecule has 1 saturated heterocycles. The number of aryl methyl sites for hydroxylation is 2. The molecule has 1 unspecified atom stereocenters. The molecule has 162 valence electrons. The normalized spacial score (nSPS) is 16.5. The Morgan fingerprint density at radius 1 is 1.32 bits per heavy atom. The van der Waals surface area contributed by atoms with E-state index in [1.165, 1.54) is 0 Å². The quantitative estimate of drug-likeness (QED) is 0.578. The van der Waals surface area contributed by atoms with E-state index >= 15 is 0 Å². The lowest BCUT2D eigenvalue weighted by atomic mass is 10.0. The number of aromatic nitrogens is 3. The number of carbonyl (C=O) groups is 1. The van der Waals surface area contributed by atoms with Crippen molar-refractivity contribution in [1.29, 1.82) is 0 Å². The average Bonchev–Trinajstić information content (AvgIpc) is 3.27. The molecule has 1 aliphatic heterocycles. The number of thiazole rings is 1. The Morgan fingerprint density at radius 3 is 2.81 bits per heavy atom. The van der Waals surface area contributed by atoms with Gasteiger partial charge in [0.05, 0.1) is 10.7 Å². The number of rotatable bonds is 6. The first-order valence-corrected chi connectivity index (χ1v) is 11.0. The average molecular weight is 459 g/mol. The van der Waals surface area contributed by atoms with Crippen LogP contribution in [0.25, 0.3) is 11.3 Å². The van der Waals surface area contributed by atoms with Crippen molar-refractivity contribution in [3.05, 3.63) is 45.6 Å². The van der Waals surface area contributed by atoms with Crippen LogP contribution in [0.2, 0.25) is 5.02 Å². The van der Waals surface area contributed by atoms with Crippen LogP contribution < -0.4 is 15.8 Å². The van der Waals surface area contributed by atoms with E-state index in [9.17, 15) is 4.79 Å². The largest absolute Gasteiger partial charge is 0.473 e. The molecule has 3 N–H and O–H groups in total. The van der Waals surface area contributed by atoms with Gasteiger partial charge >= 0.3 is 0 Å². The van der Waals surface area contributed by atoms with Crippen LogP contribution in [0.4, 0.5) is 10.9 Å². The maximum atomic E-state index is 12.1. The molecule has 1 aliphatic rings. The number of halogens is 1. The molecule has 0 radical (unpaired) electrons. The summed E-state index contributed by atoms with van der Waals surface area (Å²) in [4.78, 5) is 28.0. The van der Waals surface area contributed by atoms with Crippen molar-refractivity contribution in [1.82, 2.24) is 19.9 Å². The van der Waals surface area contributed by atoms with Crippen molar-refractivity contribution in [2.24, 2.45) is 5.73 Å². The summed E-state index contributed by atoms with van der Waals surface area (Å²) in [5.74, 6) is 1.04. The highest BCUT2D eigenvalue weighted by Gasteiger charge is 2.23. The third-order valence-corrected chi connectivity index (χ3v) is 6.29. The third-order valence-electron chi connectivity index (χ3n) is 4.99. The SMILES string of the molecule is Cc1nc(Nc2nc(-c3c(C)cccc3Cl)c(C(N)=O)s2)cc(OC2CCN(C)C2)n1. The van der Waals surface area contributed by atoms with Gasteiger partial charge < -0.3 is 20.7 Å². The predicted molar refractivity (Wildman–Crippen MR) is 122 cm³/mol. The molecule has 0 bridgehead atoms. The molecule has 3 aromatic rings. The number of amides is 1. The van der Waals surface area contributed by atoms with E-state index in [0.717, 1.165) is 36.4 Å². The second kappa shape index (κ2) is 8.78. The van der Waals surface area contributed by atoms with Crippen LogP contribution in [0, 0.1) is 13.8 Å². The molecule has 10 heteroatoms. The van der Waals surface area contributed by atoms with Crippen LogP contribution in [0.3, 0.4) is 0 Å². The first-order valence-electron chi connectivity index (χ1n) is 9.84. The Labute approximate surface area is 189 Å². The zero-order valence-corrected chi connectivity index (χ0v) is 19.0. The molecule has 0 spiro atoms. The fourth-order valence-electron chi connectivity index (χ4n) is 3.58. The summed E-state index contributed by atoms with van der Waals surface area (Å²) in [6, 6.07) is 7.26. The number of likely N-dealkylation sites (tertiary alicyclic amines) is 1. The lowest BCUT2D eigenvalue weighted by Crippen LogP contribution is -2.22. The van der Waals surface area contributed by atoms with Gasteiger partial charge in [-0.05, 0) is 38.9 Å². The first-order chi connectivity index (χ1) is 14.8. The van der Waals surface area contributed by atoms with Gasteiger partial charge in [0.25, 0.3) is 5.91 Å². The van der Waals surface area contributed by atoms with Crippen molar-refractivity contribution in [2.75, 3.05) is 25.5 Å². The van der Waals surface area contributed by atoms with Gasteiger partial charge in [-0.3, -0.25) is 4.79 Å². The molecule has 31 heavy (non-hydrogen) atoms. The lowest BCUT2D eigenvalue weighted by Gasteiger charge is -2.14. The smallest absolute Gasteiger partial charge is 0.261 e. The Balaban J connectivity index is 1.63. The predicted octanol–water partition coefficient (Wildman–Crippen LogP) is 3.80. The van der Waals surface area contributed by atoms with Crippen LogP contribution >= 0.6 is 22.9 Å². The van der Waals surface area contributed by atoms with Gasteiger partial charge in [0, 0.05) is 24.7 Å². The molecule has 8 nitrogen and oxygen atoms in total. The van der Waals surface area contributed by atoms with Gasteiger partial charge in [0.15, 0.2) is 5.13 Å². The van der Waals surface area contributed by atoms with E-state index in [-0.39, 0.29) is 6.10 Å². The van der Waals surface area contributed by atoms with Crippen LogP contribution in [0.5, 0.6) is 5.88 Å². The van der Waals surface area contributed by atoms with Crippen LogP contribution in [-0.4, -0.2) is 52.0 Å². The van der Waals surface area contributed by atoms with Crippen molar-refractivity contribution < 1.29 is 9.53 Å². The minimum atomic E-state index is -0.562. The molecule has 4 rings (SSSR count). The minimum absolute atomic E-state index is 0.100. The van der Waals surface area contributed by atoms with Gasteiger partial charge in [-0.15, -0.1) is 0 Å². The fourth-order valence-corrected chi connectivity index (χ4v) is 4.72. The van der Waals surface area contributed by atoms with Gasteiger partial charge in [0.1, 0.15) is 22.6 Å². The highest BCUT2D eigenvalue weighted by Crippen LogP contribution is 2.37. The van der Waals surface area contributed by atoms with E-state index in [4.69, 9.17) is 22.1 Å². The van der Waals surface area contributed by atoms with Crippen molar-refractivity contribution in [3.8, 4) is 17.1 Å². The maximum absolute atomic E-state index is 12.1. The zero-order chi connectivity index (χ0) is 22.1. The number of likely N-dealkylation sites (N-methyl/N-ethyl adjacent to an activating group) is 1. The van der Waals surface area contributed by atoms with E-state index in [2.05, 4.69) is 32.2 Å². The number of benzene rings is 1. The van der Waals surface area contributed by atoms with Crippen LogP contribution in [0.1, 0.15) is 27.5 Å². The van der Waals surface area contributed by atoms with E-state index in [0.29, 0.717) is 43.8 Å². The second-order valence-electron chi connectivity index (χ2n) is 7.55. The van der Waals surface area contributed by atoms with Gasteiger partial charge in [0.2, 0.25) is 5.88 Å². The molecule has 1 aromatic carbocycles. The summed E-state index contributed by atoms with van der Waals surface area (Å²) in [5.41, 5.74) is 7.67. The molecule has 1 amide bonds. The number of nitrogens with two attached hydrogens (primary N) is 1. The Bertz CT molecular complexity index is 1110. The number of hydrogen-bond acceptors (Lipinski definition) is 8. The van der Waals surface area contributed by atoms with Gasteiger partial charge in [-0.2, -0.15) is 4.98 Å². The van der Waals surface area contributed by atoms with Crippen LogP contribution in [0.15, 0.2) is 24.3 Å². The summed E-state index contributed by atoms with van der Waals surface area (Å²) in [6.45, 7) is 5.57. The number of carbonyl (C=O) groups excluding carboxylic acids is 1. The Morgan fingerprint density at radius 2 is 2.13 bits per heavy atom. The van der Waals surface area contributed by atoms with E-state index in [1.807, 2.05) is 19.1 Å². The topological polar surface area (TPSA) is 106 Å². The monoisotopic (exact) mass is 458 g/mol. The molecule has 1 atom stereocenters. The molecule has 3 heterocycles. The van der Waals surface area contributed by atoms with Crippen molar-refractivity contribution >= 4 is 39.8 Å². The number of hydrogen-bond donors (Lipinski definition) is 2. The molecule has 1 fully saturated rings. The highest BCUT2D eigenvalue weighted by atomic mass is 35.5. The third kappa shape index (κ3) is 4.79. The maximum Gasteiger partial charge on any atom is 0.261 e. The summed E-state index contributed by atoms with van der Waals surface area (Å²) in [5, 5.41) is 4.15. The number of nitrogens with zero attached hydrogens (tertiary/aromatic N) is 4. The fraction of sp³-hybridized carbons (Fsp3) is 0.333. The number of nitrogens with one attached hydrogen (secondary N) is 1. The summed E-state index contributed by atoms with van der Waals surface area (Å²) in [6.07, 6.45) is 1.06. The summed E-state index contributed by atoms with van der Waals surface area (Å²) < 4.78 is 6.03. The van der Waals surface area contributed by atoms with Crippen molar-refractivity contribution in [2.45, 2.75) is 26.4 Å². The molecular formula is C21H23ClN6O2S. The first kappa shape index (κ1) is 21.5. The minimum Gasteiger partial charge on any atom is -0.473 e. The number of primary amides is 1. The van der Waals surface area contributed by atoms with E-state index < -0.39 is 5.91 Å². The number of ether oxygens (including phenoxy) is 1. The standard InChI is InChI=1S/C21H23ClN6O2S/c1-11-5-4-6-14(22)17(11)18-19(20(23)29)31-21(27-18)26-15-9-16(25-12(2)24-15)30-13-7-8-28(3)10-13/h4-6,9,13H,7-8,10H2,1-3H3,(H2,23,29)(H,24,25,26,27). The lowest BCUT2D eigenvalue weighted by molar-refractivity contribution is 0.100. The number of anilines is 2. The van der Waals surface area contributed by atoms with Gasteiger partial charge in [-0.1, -0.05) is 35.1 Å². The summed E-state index contributed by atoms with van der Waals surface area (Å²) >= 11 is 7.55. The van der Waals surface area contributed by atoms with E-state index in [1.54, 1.807) is 19.1 Å². The van der Waals surface area contributed by atoms with Crippen LogP contribution in [-0.2, 0) is 0 Å². The Kier molecular flexibility index (Phi) is 6.08. The van der Waals surface area contributed by atoms with Gasteiger partial charge in [-0.25, -0.2) is 9.97 Å². The Hall–Kier alpha value is -2.75. The summed E-state index contributed by atoms with van der Waals surface area (Å²) in [7, 11) is 2.07. The highest BCUT2D eigenvalue weighted by molar-refractivity contribution is 7.18. The second-order valence-corrected chi connectivity index (χ2v) is 8.95. The molecule has 2 aromatic heterocycles.